The molecule has 3 heteroatoms. The zero-order chi connectivity index (χ0) is 14.6. The summed E-state index contributed by atoms with van der Waals surface area (Å²) in [5, 5.41) is 4.30. The van der Waals surface area contributed by atoms with Crippen LogP contribution in [0, 0.1) is 5.41 Å². The number of hydrogen-bond acceptors (Lipinski definition) is 2. The molecule has 1 saturated carbocycles. The first-order valence-electron chi connectivity index (χ1n) is 7.69. The third kappa shape index (κ3) is 4.31. The van der Waals surface area contributed by atoms with Crippen LogP contribution in [0.1, 0.15) is 52.9 Å². The van der Waals surface area contributed by atoms with Crippen LogP contribution in [0.3, 0.4) is 0 Å². The fourth-order valence-electron chi connectivity index (χ4n) is 2.70. The number of anilines is 1. The highest BCUT2D eigenvalue weighted by Gasteiger charge is 2.26. The lowest BCUT2D eigenvalue weighted by molar-refractivity contribution is 0.232. The highest BCUT2D eigenvalue weighted by molar-refractivity contribution is 6.32. The van der Waals surface area contributed by atoms with E-state index in [1.54, 1.807) is 0 Å². The molecule has 0 aromatic heterocycles. The van der Waals surface area contributed by atoms with E-state index in [4.69, 9.17) is 16.3 Å². The van der Waals surface area contributed by atoms with Crippen molar-refractivity contribution in [1.82, 2.24) is 0 Å². The third-order valence-corrected chi connectivity index (χ3v) is 4.40. The van der Waals surface area contributed by atoms with Gasteiger partial charge in [0.1, 0.15) is 5.75 Å². The van der Waals surface area contributed by atoms with E-state index in [9.17, 15) is 0 Å². The maximum Gasteiger partial charge on any atom is 0.138 e. The van der Waals surface area contributed by atoms with Crippen molar-refractivity contribution in [3.63, 3.8) is 0 Å². The summed E-state index contributed by atoms with van der Waals surface area (Å²) in [4.78, 5) is 0. The summed E-state index contributed by atoms with van der Waals surface area (Å²) in [5.41, 5.74) is 1.61. The molecule has 0 atom stereocenters. The van der Waals surface area contributed by atoms with Crippen molar-refractivity contribution in [1.29, 1.82) is 0 Å². The second kappa shape index (κ2) is 6.71. The first-order valence-corrected chi connectivity index (χ1v) is 8.07. The van der Waals surface area contributed by atoms with Crippen LogP contribution in [-0.4, -0.2) is 12.6 Å². The molecule has 0 amide bonds. The van der Waals surface area contributed by atoms with Crippen molar-refractivity contribution >= 4 is 17.3 Å². The fourth-order valence-corrected chi connectivity index (χ4v) is 2.93. The van der Waals surface area contributed by atoms with Gasteiger partial charge in [0.2, 0.25) is 0 Å². The van der Waals surface area contributed by atoms with Gasteiger partial charge >= 0.3 is 0 Å². The molecule has 0 heterocycles. The monoisotopic (exact) mass is 295 g/mol. The van der Waals surface area contributed by atoms with Gasteiger partial charge in [0.05, 0.1) is 11.6 Å². The van der Waals surface area contributed by atoms with E-state index >= 15 is 0 Å². The molecular formula is C17H26ClNO. The van der Waals surface area contributed by atoms with E-state index in [-0.39, 0.29) is 0 Å². The molecule has 1 fully saturated rings. The molecule has 1 aliphatic carbocycles. The summed E-state index contributed by atoms with van der Waals surface area (Å²) in [6.07, 6.45) is 6.04. The maximum absolute atomic E-state index is 6.26. The van der Waals surface area contributed by atoms with Crippen LogP contribution >= 0.6 is 11.6 Å². The molecule has 0 spiro atoms. The van der Waals surface area contributed by atoms with Crippen LogP contribution in [0.15, 0.2) is 18.2 Å². The largest absolute Gasteiger partial charge is 0.492 e. The Morgan fingerprint density at radius 1 is 1.30 bits per heavy atom. The van der Waals surface area contributed by atoms with Gasteiger partial charge in [-0.25, -0.2) is 0 Å². The van der Waals surface area contributed by atoms with Gasteiger partial charge in [-0.3, -0.25) is 0 Å². The minimum Gasteiger partial charge on any atom is -0.492 e. The lowest BCUT2D eigenvalue weighted by Crippen LogP contribution is -2.29. The Kier molecular flexibility index (Phi) is 5.20. The minimum absolute atomic E-state index is 0.508. The summed E-state index contributed by atoms with van der Waals surface area (Å²) in [6.45, 7) is 7.53. The van der Waals surface area contributed by atoms with Gasteiger partial charge in [-0.2, -0.15) is 0 Å². The average Bonchev–Trinajstić information content (AvgIpc) is 2.40. The molecule has 20 heavy (non-hydrogen) atoms. The van der Waals surface area contributed by atoms with Crippen LogP contribution in [0.4, 0.5) is 5.69 Å². The molecular weight excluding hydrogens is 270 g/mol. The number of hydrogen-bond donors (Lipinski definition) is 1. The van der Waals surface area contributed by atoms with Crippen LogP contribution in [-0.2, 0) is 0 Å². The van der Waals surface area contributed by atoms with Gasteiger partial charge in [0.25, 0.3) is 0 Å². The summed E-state index contributed by atoms with van der Waals surface area (Å²) in [6, 6.07) is 6.58. The van der Waals surface area contributed by atoms with Gasteiger partial charge < -0.3 is 10.1 Å². The fraction of sp³-hybridized carbons (Fsp3) is 0.647. The first kappa shape index (κ1) is 15.5. The minimum atomic E-state index is 0.508. The molecule has 0 bridgehead atoms. The molecule has 1 aliphatic rings. The van der Waals surface area contributed by atoms with Crippen LogP contribution < -0.4 is 10.1 Å². The number of rotatable bonds is 5. The van der Waals surface area contributed by atoms with Crippen molar-refractivity contribution < 1.29 is 4.74 Å². The van der Waals surface area contributed by atoms with Crippen molar-refractivity contribution in [3.8, 4) is 5.75 Å². The van der Waals surface area contributed by atoms with Crippen molar-refractivity contribution in [2.75, 3.05) is 11.9 Å². The average molecular weight is 296 g/mol. The van der Waals surface area contributed by atoms with Gasteiger partial charge in [-0.05, 0) is 55.7 Å². The molecule has 1 N–H and O–H groups in total. The molecule has 0 aliphatic heterocycles. The molecule has 1 aromatic rings. The molecule has 2 nitrogen and oxygen atoms in total. The summed E-state index contributed by atoms with van der Waals surface area (Å²) in [5.74, 6) is 0.781. The van der Waals surface area contributed by atoms with Crippen LogP contribution in [0.2, 0.25) is 5.02 Å². The maximum atomic E-state index is 6.26. The predicted octanol–water partition coefficient (Wildman–Crippen LogP) is 5.51. The van der Waals surface area contributed by atoms with E-state index in [0.717, 1.165) is 17.9 Å². The van der Waals surface area contributed by atoms with Crippen LogP contribution in [0.25, 0.3) is 0 Å². The highest BCUT2D eigenvalue weighted by Crippen LogP contribution is 2.36. The molecule has 0 unspecified atom stereocenters. The van der Waals surface area contributed by atoms with Gasteiger partial charge in [-0.15, -0.1) is 0 Å². The Balaban J connectivity index is 1.92. The lowest BCUT2D eigenvalue weighted by Gasteiger charge is -2.35. The van der Waals surface area contributed by atoms with Gasteiger partial charge in [-0.1, -0.05) is 32.4 Å². The van der Waals surface area contributed by atoms with Gasteiger partial charge in [0.15, 0.2) is 0 Å². The van der Waals surface area contributed by atoms with E-state index < -0.39 is 0 Å². The smallest absolute Gasteiger partial charge is 0.138 e. The van der Waals surface area contributed by atoms with Crippen molar-refractivity contribution in [3.05, 3.63) is 23.2 Å². The molecule has 112 valence electrons. The zero-order valence-electron chi connectivity index (χ0n) is 12.8. The van der Waals surface area contributed by atoms with Crippen molar-refractivity contribution in [2.24, 2.45) is 5.41 Å². The van der Waals surface area contributed by atoms with E-state index in [0.29, 0.717) is 23.1 Å². The standard InChI is InChI=1S/C17H26ClNO/c1-4-11-20-16-6-5-14(12-15(16)18)19-13-7-9-17(2,3)10-8-13/h5-6,12-13,19H,4,7-11H2,1-3H3. The Bertz CT molecular complexity index is 435. The summed E-state index contributed by atoms with van der Waals surface area (Å²) in [7, 11) is 0. The lowest BCUT2D eigenvalue weighted by atomic mass is 9.75. The van der Waals surface area contributed by atoms with Crippen LogP contribution in [0.5, 0.6) is 5.75 Å². The third-order valence-electron chi connectivity index (χ3n) is 4.10. The number of nitrogens with one attached hydrogen (secondary N) is 1. The second-order valence-electron chi connectivity index (χ2n) is 6.58. The summed E-state index contributed by atoms with van der Waals surface area (Å²) < 4.78 is 5.60. The Labute approximate surface area is 127 Å². The Morgan fingerprint density at radius 2 is 2.00 bits per heavy atom. The topological polar surface area (TPSA) is 21.3 Å². The highest BCUT2D eigenvalue weighted by atomic mass is 35.5. The number of halogens is 1. The van der Waals surface area contributed by atoms with E-state index in [2.05, 4.69) is 32.2 Å². The predicted molar refractivity (Wildman–Crippen MR) is 86.9 cm³/mol. The molecule has 0 radical (unpaired) electrons. The summed E-state index contributed by atoms with van der Waals surface area (Å²) >= 11 is 6.26. The number of benzene rings is 1. The molecule has 2 rings (SSSR count). The Hall–Kier alpha value is -0.890. The number of ether oxygens (including phenoxy) is 1. The Morgan fingerprint density at radius 3 is 2.60 bits per heavy atom. The normalized spacial score (nSPS) is 18.8. The second-order valence-corrected chi connectivity index (χ2v) is 6.98. The SMILES string of the molecule is CCCOc1ccc(NC2CCC(C)(C)CC2)cc1Cl. The molecule has 1 aromatic carbocycles. The zero-order valence-corrected chi connectivity index (χ0v) is 13.6. The quantitative estimate of drug-likeness (QED) is 0.773. The van der Waals surface area contributed by atoms with Crippen molar-refractivity contribution in [2.45, 2.75) is 58.9 Å². The van der Waals surface area contributed by atoms with Gasteiger partial charge in [0, 0.05) is 11.7 Å². The van der Waals surface area contributed by atoms with E-state index in [1.165, 1.54) is 25.7 Å². The first-order chi connectivity index (χ1) is 9.50. The van der Waals surface area contributed by atoms with E-state index in [1.807, 2.05) is 12.1 Å². The molecule has 0 saturated heterocycles.